The number of hydrogen-bond donors (Lipinski definition) is 0. The number of benzene rings is 3. The van der Waals surface area contributed by atoms with Gasteiger partial charge in [0.25, 0.3) is 0 Å². The minimum atomic E-state index is 0.159. The number of ether oxygens (including phenoxy) is 1. The molecule has 0 unspecified atom stereocenters. The summed E-state index contributed by atoms with van der Waals surface area (Å²) < 4.78 is 7.53. The van der Waals surface area contributed by atoms with Crippen molar-refractivity contribution in [2.75, 3.05) is 7.11 Å². The van der Waals surface area contributed by atoms with Crippen LogP contribution in [0.25, 0.3) is 23.2 Å². The molecule has 0 atom stereocenters. The molecule has 152 valence electrons. The Balaban J connectivity index is 1.67. The van der Waals surface area contributed by atoms with Crippen LogP contribution in [0.2, 0.25) is 0 Å². The number of fused-ring (bicyclic) bond motifs is 1. The molecule has 4 aromatic rings. The molecule has 0 saturated carbocycles. The van der Waals surface area contributed by atoms with Gasteiger partial charge >= 0.3 is 0 Å². The maximum absolute atomic E-state index is 5.25. The fourth-order valence-corrected chi connectivity index (χ4v) is 3.57. The van der Waals surface area contributed by atoms with E-state index in [1.165, 1.54) is 11.1 Å². The van der Waals surface area contributed by atoms with Gasteiger partial charge in [-0.1, -0.05) is 75.4 Å². The van der Waals surface area contributed by atoms with Crippen LogP contribution in [0.5, 0.6) is 5.75 Å². The number of nitrogens with zero attached hydrogens (tertiary/aromatic N) is 2. The van der Waals surface area contributed by atoms with Gasteiger partial charge in [0.2, 0.25) is 0 Å². The van der Waals surface area contributed by atoms with Crippen LogP contribution in [0.3, 0.4) is 0 Å². The number of aromatic nitrogens is 2. The quantitative estimate of drug-likeness (QED) is 0.382. The van der Waals surface area contributed by atoms with Crippen LogP contribution >= 0.6 is 0 Å². The summed E-state index contributed by atoms with van der Waals surface area (Å²) in [4.78, 5) is 4.87. The molecule has 30 heavy (non-hydrogen) atoms. The third kappa shape index (κ3) is 4.30. The average molecular weight is 397 g/mol. The zero-order valence-corrected chi connectivity index (χ0v) is 18.1. The third-order valence-electron chi connectivity index (χ3n) is 5.39. The van der Waals surface area contributed by atoms with Crippen LogP contribution in [0.4, 0.5) is 0 Å². The van der Waals surface area contributed by atoms with Crippen LogP contribution in [-0.2, 0) is 12.0 Å². The molecule has 0 aliphatic carbocycles. The second-order valence-corrected chi connectivity index (χ2v) is 8.60. The molecule has 0 radical (unpaired) electrons. The highest BCUT2D eigenvalue weighted by atomic mass is 16.5. The first-order chi connectivity index (χ1) is 14.4. The van der Waals surface area contributed by atoms with Crippen molar-refractivity contribution in [2.24, 2.45) is 0 Å². The zero-order chi connectivity index (χ0) is 21.1. The van der Waals surface area contributed by atoms with Crippen LogP contribution < -0.4 is 4.74 Å². The summed E-state index contributed by atoms with van der Waals surface area (Å²) in [5.41, 5.74) is 6.05. The molecule has 0 N–H and O–H groups in total. The van der Waals surface area contributed by atoms with E-state index in [0.29, 0.717) is 0 Å². The Hall–Kier alpha value is -3.33. The zero-order valence-electron chi connectivity index (χ0n) is 18.1. The Morgan fingerprint density at radius 3 is 2.23 bits per heavy atom. The molecule has 0 fully saturated rings. The SMILES string of the molecule is COc1ccc(/C=C/c2nc3ccccc3n2Cc2ccc(C(C)(C)C)cc2)cc1. The highest BCUT2D eigenvalue weighted by molar-refractivity contribution is 5.80. The van der Waals surface area contributed by atoms with E-state index in [9.17, 15) is 0 Å². The van der Waals surface area contributed by atoms with Crippen molar-refractivity contribution >= 4 is 23.2 Å². The van der Waals surface area contributed by atoms with Gasteiger partial charge in [0, 0.05) is 6.54 Å². The summed E-state index contributed by atoms with van der Waals surface area (Å²) in [5.74, 6) is 1.81. The van der Waals surface area contributed by atoms with Gasteiger partial charge < -0.3 is 9.30 Å². The van der Waals surface area contributed by atoms with Gasteiger partial charge in [-0.15, -0.1) is 0 Å². The second-order valence-electron chi connectivity index (χ2n) is 8.60. The van der Waals surface area contributed by atoms with Gasteiger partial charge in [0.1, 0.15) is 11.6 Å². The summed E-state index contributed by atoms with van der Waals surface area (Å²) >= 11 is 0. The van der Waals surface area contributed by atoms with E-state index < -0.39 is 0 Å². The molecule has 3 aromatic carbocycles. The number of para-hydroxylation sites is 2. The molecule has 4 rings (SSSR count). The van der Waals surface area contributed by atoms with Crippen molar-refractivity contribution in [3.63, 3.8) is 0 Å². The molecular weight excluding hydrogens is 368 g/mol. The molecule has 3 heteroatoms. The van der Waals surface area contributed by atoms with Crippen molar-refractivity contribution < 1.29 is 4.74 Å². The normalized spacial score (nSPS) is 12.0. The van der Waals surface area contributed by atoms with Crippen LogP contribution in [0.1, 0.15) is 43.3 Å². The fraction of sp³-hybridized carbons (Fsp3) is 0.222. The molecule has 1 aromatic heterocycles. The topological polar surface area (TPSA) is 27.1 Å². The third-order valence-corrected chi connectivity index (χ3v) is 5.39. The molecule has 0 spiro atoms. The van der Waals surface area contributed by atoms with Crippen molar-refractivity contribution in [1.29, 1.82) is 0 Å². The van der Waals surface area contributed by atoms with Crippen molar-refractivity contribution in [2.45, 2.75) is 32.7 Å². The first-order valence-corrected chi connectivity index (χ1v) is 10.3. The van der Waals surface area contributed by atoms with Gasteiger partial charge in [-0.3, -0.25) is 0 Å². The molecular formula is C27H28N2O. The van der Waals surface area contributed by atoms with Crippen LogP contribution in [0, 0.1) is 0 Å². The highest BCUT2D eigenvalue weighted by Gasteiger charge is 2.14. The molecule has 0 amide bonds. The van der Waals surface area contributed by atoms with E-state index >= 15 is 0 Å². The lowest BCUT2D eigenvalue weighted by Gasteiger charge is -2.19. The van der Waals surface area contributed by atoms with Gasteiger partial charge in [-0.25, -0.2) is 4.98 Å². The van der Waals surface area contributed by atoms with E-state index in [2.05, 4.69) is 80.0 Å². The number of hydrogen-bond acceptors (Lipinski definition) is 2. The summed E-state index contributed by atoms with van der Waals surface area (Å²) in [6, 6.07) is 25.3. The summed E-state index contributed by atoms with van der Waals surface area (Å²) in [7, 11) is 1.68. The maximum Gasteiger partial charge on any atom is 0.134 e. The Labute approximate surface area is 178 Å². The van der Waals surface area contributed by atoms with E-state index in [0.717, 1.165) is 34.7 Å². The lowest BCUT2D eigenvalue weighted by Crippen LogP contribution is -2.11. The smallest absolute Gasteiger partial charge is 0.134 e. The second kappa shape index (κ2) is 8.19. The lowest BCUT2D eigenvalue weighted by molar-refractivity contribution is 0.415. The molecule has 1 heterocycles. The Kier molecular flexibility index (Phi) is 5.45. The Bertz CT molecular complexity index is 1160. The number of imidazole rings is 1. The summed E-state index contributed by atoms with van der Waals surface area (Å²) in [6.45, 7) is 7.52. The predicted octanol–water partition coefficient (Wildman–Crippen LogP) is 6.56. The Morgan fingerprint density at radius 1 is 0.867 bits per heavy atom. The van der Waals surface area contributed by atoms with Gasteiger partial charge in [-0.2, -0.15) is 0 Å². The maximum atomic E-state index is 5.25. The first kappa shape index (κ1) is 20.0. The van der Waals surface area contributed by atoms with Crippen molar-refractivity contribution in [1.82, 2.24) is 9.55 Å². The van der Waals surface area contributed by atoms with E-state index in [4.69, 9.17) is 9.72 Å². The largest absolute Gasteiger partial charge is 0.497 e. The van der Waals surface area contributed by atoms with Crippen molar-refractivity contribution in [3.05, 3.63) is 95.3 Å². The molecule has 0 bridgehead atoms. The summed E-state index contributed by atoms with van der Waals surface area (Å²) in [6.07, 6.45) is 4.19. The molecule has 3 nitrogen and oxygen atoms in total. The summed E-state index contributed by atoms with van der Waals surface area (Å²) in [5, 5.41) is 0. The molecule has 0 saturated heterocycles. The minimum Gasteiger partial charge on any atom is -0.497 e. The van der Waals surface area contributed by atoms with E-state index in [-0.39, 0.29) is 5.41 Å². The first-order valence-electron chi connectivity index (χ1n) is 10.3. The number of rotatable bonds is 5. The van der Waals surface area contributed by atoms with Crippen LogP contribution in [-0.4, -0.2) is 16.7 Å². The van der Waals surface area contributed by atoms with E-state index in [1.807, 2.05) is 30.3 Å². The Morgan fingerprint density at radius 2 is 1.57 bits per heavy atom. The molecule has 0 aliphatic rings. The van der Waals surface area contributed by atoms with Gasteiger partial charge in [-0.05, 0) is 52.4 Å². The highest BCUT2D eigenvalue weighted by Crippen LogP contribution is 2.24. The standard InChI is InChI=1S/C27H28N2O/c1-27(2,3)22-14-9-21(10-15-22)19-29-25-8-6-5-7-24(25)28-26(29)18-13-20-11-16-23(30-4)17-12-20/h5-18H,19H2,1-4H3/b18-13+. The lowest BCUT2D eigenvalue weighted by atomic mass is 9.87. The predicted molar refractivity (Wildman–Crippen MR) is 126 cm³/mol. The number of methoxy groups -OCH3 is 1. The van der Waals surface area contributed by atoms with Gasteiger partial charge in [0.15, 0.2) is 0 Å². The van der Waals surface area contributed by atoms with Gasteiger partial charge in [0.05, 0.1) is 18.1 Å². The van der Waals surface area contributed by atoms with Crippen molar-refractivity contribution in [3.8, 4) is 5.75 Å². The monoisotopic (exact) mass is 396 g/mol. The average Bonchev–Trinajstić information content (AvgIpc) is 3.10. The van der Waals surface area contributed by atoms with Crippen LogP contribution in [0.15, 0.2) is 72.8 Å². The fourth-order valence-electron chi connectivity index (χ4n) is 3.57. The molecule has 0 aliphatic heterocycles. The van der Waals surface area contributed by atoms with E-state index in [1.54, 1.807) is 7.11 Å². The minimum absolute atomic E-state index is 0.159.